The number of rotatable bonds is 7. The second-order valence-corrected chi connectivity index (χ2v) is 5.72. The Morgan fingerprint density at radius 3 is 2.54 bits per heavy atom. The number of aryl methyl sites for hydroxylation is 2. The van der Waals surface area contributed by atoms with Gasteiger partial charge in [0.2, 0.25) is 5.95 Å². The Labute approximate surface area is 143 Å². The van der Waals surface area contributed by atoms with E-state index in [4.69, 9.17) is 0 Å². The van der Waals surface area contributed by atoms with E-state index in [1.165, 1.54) is 11.1 Å². The Morgan fingerprint density at radius 2 is 1.71 bits per heavy atom. The average Bonchev–Trinajstić information content (AvgIpc) is 2.62. The second-order valence-electron chi connectivity index (χ2n) is 5.72. The number of para-hydroxylation sites is 1. The molecular weight excluding hydrogens is 296 g/mol. The van der Waals surface area contributed by atoms with E-state index in [9.17, 15) is 0 Å². The third-order valence-corrected chi connectivity index (χ3v) is 3.84. The Hall–Kier alpha value is -2.88. The summed E-state index contributed by atoms with van der Waals surface area (Å²) in [6.45, 7) is 2.95. The van der Waals surface area contributed by atoms with Crippen LogP contribution in [0.4, 0.5) is 17.5 Å². The van der Waals surface area contributed by atoms with Gasteiger partial charge in [-0.2, -0.15) is 4.98 Å². The standard InChI is InChI=1S/C20H22N4/c1-16-8-5-6-12-18(16)23-20-22-15-13-19(24-20)21-14-7-11-17-9-3-2-4-10-17/h2-6,8-10,12-13,15H,7,11,14H2,1H3,(H2,21,22,23,24). The highest BCUT2D eigenvalue weighted by molar-refractivity contribution is 5.58. The number of hydrogen-bond donors (Lipinski definition) is 2. The molecule has 0 amide bonds. The van der Waals surface area contributed by atoms with Crippen LogP contribution in [0.25, 0.3) is 0 Å². The van der Waals surface area contributed by atoms with Gasteiger partial charge < -0.3 is 10.6 Å². The van der Waals surface area contributed by atoms with Crippen molar-refractivity contribution in [2.75, 3.05) is 17.2 Å². The topological polar surface area (TPSA) is 49.8 Å². The smallest absolute Gasteiger partial charge is 0.229 e. The van der Waals surface area contributed by atoms with Gasteiger partial charge in [0.15, 0.2) is 0 Å². The lowest BCUT2D eigenvalue weighted by Gasteiger charge is -2.10. The SMILES string of the molecule is Cc1ccccc1Nc1nccc(NCCCc2ccccc2)n1. The number of nitrogens with zero attached hydrogens (tertiary/aromatic N) is 2. The van der Waals surface area contributed by atoms with Crippen molar-refractivity contribution in [1.29, 1.82) is 0 Å². The van der Waals surface area contributed by atoms with Gasteiger partial charge in [0, 0.05) is 18.4 Å². The molecule has 0 fully saturated rings. The summed E-state index contributed by atoms with van der Waals surface area (Å²) < 4.78 is 0. The van der Waals surface area contributed by atoms with E-state index < -0.39 is 0 Å². The van der Waals surface area contributed by atoms with Gasteiger partial charge in [-0.3, -0.25) is 0 Å². The molecule has 0 saturated carbocycles. The zero-order valence-corrected chi connectivity index (χ0v) is 13.9. The van der Waals surface area contributed by atoms with Crippen LogP contribution in [-0.4, -0.2) is 16.5 Å². The van der Waals surface area contributed by atoms with E-state index in [2.05, 4.69) is 57.9 Å². The van der Waals surface area contributed by atoms with Gasteiger partial charge in [0.1, 0.15) is 5.82 Å². The Bertz CT molecular complexity index is 771. The van der Waals surface area contributed by atoms with E-state index in [1.54, 1.807) is 6.20 Å². The summed E-state index contributed by atoms with van der Waals surface area (Å²) >= 11 is 0. The van der Waals surface area contributed by atoms with Crippen molar-refractivity contribution in [3.8, 4) is 0 Å². The first-order valence-electron chi connectivity index (χ1n) is 8.25. The van der Waals surface area contributed by atoms with Gasteiger partial charge in [-0.15, -0.1) is 0 Å². The fraction of sp³-hybridized carbons (Fsp3) is 0.200. The zero-order chi connectivity index (χ0) is 16.6. The van der Waals surface area contributed by atoms with Crippen LogP contribution in [0, 0.1) is 6.92 Å². The van der Waals surface area contributed by atoms with Crippen molar-refractivity contribution < 1.29 is 0 Å². The molecule has 122 valence electrons. The lowest BCUT2D eigenvalue weighted by molar-refractivity contribution is 0.858. The molecule has 0 aliphatic carbocycles. The third kappa shape index (κ3) is 4.56. The van der Waals surface area contributed by atoms with Crippen molar-refractivity contribution in [2.45, 2.75) is 19.8 Å². The maximum absolute atomic E-state index is 4.52. The van der Waals surface area contributed by atoms with Gasteiger partial charge in [0.25, 0.3) is 0 Å². The van der Waals surface area contributed by atoms with E-state index in [1.807, 2.05) is 30.3 Å². The van der Waals surface area contributed by atoms with E-state index in [0.717, 1.165) is 30.9 Å². The third-order valence-electron chi connectivity index (χ3n) is 3.84. The summed E-state index contributed by atoms with van der Waals surface area (Å²) in [6, 6.07) is 20.5. The second kappa shape index (κ2) is 8.11. The lowest BCUT2D eigenvalue weighted by atomic mass is 10.1. The Balaban J connectivity index is 1.53. The molecule has 3 aromatic rings. The summed E-state index contributed by atoms with van der Waals surface area (Å²) in [7, 11) is 0. The van der Waals surface area contributed by atoms with Crippen molar-refractivity contribution in [3.05, 3.63) is 78.0 Å². The summed E-state index contributed by atoms with van der Waals surface area (Å²) in [4.78, 5) is 8.81. The summed E-state index contributed by atoms with van der Waals surface area (Å²) in [5.74, 6) is 1.45. The normalized spacial score (nSPS) is 10.4. The first-order valence-corrected chi connectivity index (χ1v) is 8.25. The van der Waals surface area contributed by atoms with Crippen molar-refractivity contribution in [1.82, 2.24) is 9.97 Å². The van der Waals surface area contributed by atoms with Crippen LogP contribution >= 0.6 is 0 Å². The van der Waals surface area contributed by atoms with Crippen LogP contribution < -0.4 is 10.6 Å². The molecule has 0 aliphatic heterocycles. The molecule has 1 aromatic heterocycles. The molecule has 4 nitrogen and oxygen atoms in total. The lowest BCUT2D eigenvalue weighted by Crippen LogP contribution is -2.06. The van der Waals surface area contributed by atoms with E-state index >= 15 is 0 Å². The number of nitrogens with one attached hydrogen (secondary N) is 2. The van der Waals surface area contributed by atoms with E-state index in [-0.39, 0.29) is 0 Å². The minimum atomic E-state index is 0.609. The summed E-state index contributed by atoms with van der Waals surface area (Å²) in [5, 5.41) is 6.63. The molecule has 0 radical (unpaired) electrons. The number of anilines is 3. The van der Waals surface area contributed by atoms with Gasteiger partial charge in [-0.25, -0.2) is 4.98 Å². The predicted molar refractivity (Wildman–Crippen MR) is 99.7 cm³/mol. The molecule has 2 aromatic carbocycles. The number of aromatic nitrogens is 2. The maximum atomic E-state index is 4.52. The highest BCUT2D eigenvalue weighted by Crippen LogP contribution is 2.18. The van der Waals surface area contributed by atoms with Crippen LogP contribution in [0.5, 0.6) is 0 Å². The van der Waals surface area contributed by atoms with Crippen LogP contribution in [0.1, 0.15) is 17.5 Å². The molecule has 24 heavy (non-hydrogen) atoms. The largest absolute Gasteiger partial charge is 0.370 e. The highest BCUT2D eigenvalue weighted by atomic mass is 15.1. The van der Waals surface area contributed by atoms with Crippen LogP contribution in [0.2, 0.25) is 0 Å². The van der Waals surface area contributed by atoms with Crippen molar-refractivity contribution in [2.24, 2.45) is 0 Å². The maximum Gasteiger partial charge on any atom is 0.229 e. The molecule has 2 N–H and O–H groups in total. The monoisotopic (exact) mass is 318 g/mol. The average molecular weight is 318 g/mol. The van der Waals surface area contributed by atoms with Gasteiger partial charge >= 0.3 is 0 Å². The zero-order valence-electron chi connectivity index (χ0n) is 13.9. The van der Waals surface area contributed by atoms with Crippen LogP contribution in [0.3, 0.4) is 0 Å². The molecular formula is C20H22N4. The summed E-state index contributed by atoms with van der Waals surface area (Å²) in [6.07, 6.45) is 3.90. The first-order chi connectivity index (χ1) is 11.8. The molecule has 0 saturated heterocycles. The molecule has 0 aliphatic rings. The van der Waals surface area contributed by atoms with Gasteiger partial charge in [-0.1, -0.05) is 48.5 Å². The van der Waals surface area contributed by atoms with Gasteiger partial charge in [0.05, 0.1) is 0 Å². The Morgan fingerprint density at radius 1 is 0.917 bits per heavy atom. The predicted octanol–water partition coefficient (Wildman–Crippen LogP) is 4.57. The van der Waals surface area contributed by atoms with Crippen LogP contribution in [0.15, 0.2) is 66.9 Å². The van der Waals surface area contributed by atoms with Gasteiger partial charge in [-0.05, 0) is 43.0 Å². The number of benzene rings is 2. The Kier molecular flexibility index (Phi) is 5.40. The molecule has 0 atom stereocenters. The van der Waals surface area contributed by atoms with Crippen LogP contribution in [-0.2, 0) is 6.42 Å². The molecule has 3 rings (SSSR count). The molecule has 1 heterocycles. The van der Waals surface area contributed by atoms with Crippen molar-refractivity contribution in [3.63, 3.8) is 0 Å². The number of hydrogen-bond acceptors (Lipinski definition) is 4. The highest BCUT2D eigenvalue weighted by Gasteiger charge is 2.02. The molecule has 4 heteroatoms. The first kappa shape index (κ1) is 16.0. The fourth-order valence-corrected chi connectivity index (χ4v) is 2.50. The minimum Gasteiger partial charge on any atom is -0.370 e. The molecule has 0 spiro atoms. The molecule has 0 bridgehead atoms. The van der Waals surface area contributed by atoms with E-state index in [0.29, 0.717) is 5.95 Å². The molecule has 0 unspecified atom stereocenters. The van der Waals surface area contributed by atoms with Crippen molar-refractivity contribution >= 4 is 17.5 Å². The fourth-order valence-electron chi connectivity index (χ4n) is 2.50. The minimum absolute atomic E-state index is 0.609. The summed E-state index contributed by atoms with van der Waals surface area (Å²) in [5.41, 5.74) is 3.56. The quantitative estimate of drug-likeness (QED) is 0.626.